The fraction of sp³-hybridized carbons (Fsp3) is 0.588. The molecule has 1 aromatic carbocycles. The van der Waals surface area contributed by atoms with E-state index in [0.29, 0.717) is 29.8 Å². The highest BCUT2D eigenvalue weighted by Crippen LogP contribution is 2.36. The molecule has 0 radical (unpaired) electrons. The smallest absolute Gasteiger partial charge is 0.257 e. The van der Waals surface area contributed by atoms with E-state index in [1.54, 1.807) is 0 Å². The van der Waals surface area contributed by atoms with Crippen molar-refractivity contribution < 1.29 is 9.53 Å². The minimum absolute atomic E-state index is 0.0839. The summed E-state index contributed by atoms with van der Waals surface area (Å²) in [6.45, 7) is 4.15. The number of ether oxygens (including phenoxy) is 1. The van der Waals surface area contributed by atoms with Crippen molar-refractivity contribution in [3.8, 4) is 5.75 Å². The van der Waals surface area contributed by atoms with Gasteiger partial charge in [0, 0.05) is 19.1 Å². The molecule has 1 aliphatic heterocycles. The molecule has 1 aliphatic carbocycles. The normalized spacial score (nSPS) is 28.3. The largest absolute Gasteiger partial charge is 0.493 e. The molecule has 1 saturated carbocycles. The van der Waals surface area contributed by atoms with Crippen molar-refractivity contribution in [3.05, 3.63) is 29.8 Å². The van der Waals surface area contributed by atoms with Crippen molar-refractivity contribution in [1.29, 1.82) is 0 Å². The van der Waals surface area contributed by atoms with Crippen LogP contribution in [-0.2, 0) is 0 Å². The van der Waals surface area contributed by atoms with E-state index in [4.69, 9.17) is 10.5 Å². The van der Waals surface area contributed by atoms with Gasteiger partial charge in [-0.2, -0.15) is 0 Å². The van der Waals surface area contributed by atoms with E-state index in [2.05, 4.69) is 0 Å². The Morgan fingerprint density at radius 2 is 2.14 bits per heavy atom. The Kier molecular flexibility index (Phi) is 4.15. The molecule has 0 bridgehead atoms. The summed E-state index contributed by atoms with van der Waals surface area (Å²) in [4.78, 5) is 14.8. The van der Waals surface area contributed by atoms with Crippen LogP contribution in [0.4, 0.5) is 0 Å². The molecule has 3 atom stereocenters. The van der Waals surface area contributed by atoms with Gasteiger partial charge in [0.05, 0.1) is 12.2 Å². The minimum Gasteiger partial charge on any atom is -0.493 e. The lowest BCUT2D eigenvalue weighted by Gasteiger charge is -2.29. The van der Waals surface area contributed by atoms with Crippen LogP contribution < -0.4 is 10.5 Å². The third-order valence-electron chi connectivity index (χ3n) is 4.86. The fourth-order valence-electron chi connectivity index (χ4n) is 3.78. The number of para-hydroxylation sites is 1. The maximum Gasteiger partial charge on any atom is 0.257 e. The molecule has 1 aromatic rings. The lowest BCUT2D eigenvalue weighted by molar-refractivity contribution is 0.0779. The first-order valence-corrected chi connectivity index (χ1v) is 7.97. The van der Waals surface area contributed by atoms with E-state index >= 15 is 0 Å². The number of nitrogens with two attached hydrogens (primary N) is 1. The SMILES string of the molecule is CCOc1ccccc1C(=O)N1CC2CCCC(N)C2C1. The van der Waals surface area contributed by atoms with Gasteiger partial charge in [-0.05, 0) is 43.7 Å². The number of hydrogen-bond acceptors (Lipinski definition) is 3. The number of amides is 1. The molecule has 3 unspecified atom stereocenters. The first-order chi connectivity index (χ1) is 10.2. The van der Waals surface area contributed by atoms with Gasteiger partial charge < -0.3 is 15.4 Å². The number of carbonyl (C=O) groups excluding carboxylic acids is 1. The zero-order chi connectivity index (χ0) is 14.8. The highest BCUT2D eigenvalue weighted by molar-refractivity contribution is 5.97. The van der Waals surface area contributed by atoms with Crippen LogP contribution in [0.3, 0.4) is 0 Å². The minimum atomic E-state index is 0.0839. The van der Waals surface area contributed by atoms with E-state index in [-0.39, 0.29) is 11.9 Å². The third-order valence-corrected chi connectivity index (χ3v) is 4.86. The number of benzene rings is 1. The molecule has 114 valence electrons. The van der Waals surface area contributed by atoms with Crippen molar-refractivity contribution in [2.24, 2.45) is 17.6 Å². The van der Waals surface area contributed by atoms with E-state index in [9.17, 15) is 4.79 Å². The van der Waals surface area contributed by atoms with Gasteiger partial charge in [-0.15, -0.1) is 0 Å². The zero-order valence-corrected chi connectivity index (χ0v) is 12.6. The van der Waals surface area contributed by atoms with Crippen LogP contribution in [0.1, 0.15) is 36.5 Å². The molecule has 4 heteroatoms. The highest BCUT2D eigenvalue weighted by atomic mass is 16.5. The van der Waals surface area contributed by atoms with E-state index in [0.717, 1.165) is 19.5 Å². The Hall–Kier alpha value is -1.55. The summed E-state index contributed by atoms with van der Waals surface area (Å²) in [6.07, 6.45) is 3.49. The molecule has 21 heavy (non-hydrogen) atoms. The van der Waals surface area contributed by atoms with Gasteiger partial charge in [-0.3, -0.25) is 4.79 Å². The quantitative estimate of drug-likeness (QED) is 0.928. The number of fused-ring (bicyclic) bond motifs is 1. The summed E-state index contributed by atoms with van der Waals surface area (Å²) in [5.74, 6) is 1.82. The molecular weight excluding hydrogens is 264 g/mol. The first kappa shape index (κ1) is 14.4. The molecule has 2 fully saturated rings. The lowest BCUT2D eigenvalue weighted by atomic mass is 9.78. The second-order valence-electron chi connectivity index (χ2n) is 6.16. The van der Waals surface area contributed by atoms with Crippen LogP contribution in [-0.4, -0.2) is 36.5 Å². The van der Waals surface area contributed by atoms with Crippen LogP contribution in [0.25, 0.3) is 0 Å². The summed E-state index contributed by atoms with van der Waals surface area (Å²) in [7, 11) is 0. The molecule has 0 aromatic heterocycles. The summed E-state index contributed by atoms with van der Waals surface area (Å²) >= 11 is 0. The Bertz CT molecular complexity index is 517. The average Bonchev–Trinajstić information content (AvgIpc) is 2.93. The highest BCUT2D eigenvalue weighted by Gasteiger charge is 2.40. The Labute approximate surface area is 126 Å². The van der Waals surface area contributed by atoms with E-state index in [1.807, 2.05) is 36.1 Å². The second-order valence-corrected chi connectivity index (χ2v) is 6.16. The number of carbonyl (C=O) groups is 1. The van der Waals surface area contributed by atoms with Crippen molar-refractivity contribution in [1.82, 2.24) is 4.90 Å². The molecule has 1 amide bonds. The molecule has 2 N–H and O–H groups in total. The number of likely N-dealkylation sites (tertiary alicyclic amines) is 1. The molecule has 1 heterocycles. The van der Waals surface area contributed by atoms with Crippen LogP contribution >= 0.6 is 0 Å². The lowest BCUT2D eigenvalue weighted by Crippen LogP contribution is -2.38. The maximum atomic E-state index is 12.8. The predicted octanol–water partition coefficient (Wildman–Crippen LogP) is 2.28. The van der Waals surface area contributed by atoms with Crippen LogP contribution in [0.2, 0.25) is 0 Å². The predicted molar refractivity (Wildman–Crippen MR) is 82.3 cm³/mol. The van der Waals surface area contributed by atoms with E-state index < -0.39 is 0 Å². The van der Waals surface area contributed by atoms with Crippen molar-refractivity contribution in [2.75, 3.05) is 19.7 Å². The summed E-state index contributed by atoms with van der Waals surface area (Å²) in [6, 6.07) is 7.77. The molecular formula is C17H24N2O2. The Morgan fingerprint density at radius 3 is 2.90 bits per heavy atom. The standard InChI is InChI=1S/C17H24N2O2/c1-2-21-16-9-4-3-7-13(16)17(20)19-10-12-6-5-8-15(18)14(12)11-19/h3-4,7,9,12,14-15H,2,5-6,8,10-11,18H2,1H3. The van der Waals surface area contributed by atoms with Gasteiger partial charge in [0.15, 0.2) is 0 Å². The van der Waals surface area contributed by atoms with Crippen molar-refractivity contribution >= 4 is 5.91 Å². The van der Waals surface area contributed by atoms with Gasteiger partial charge >= 0.3 is 0 Å². The molecule has 2 aliphatic rings. The average molecular weight is 288 g/mol. The zero-order valence-electron chi connectivity index (χ0n) is 12.6. The molecule has 4 nitrogen and oxygen atoms in total. The monoisotopic (exact) mass is 288 g/mol. The fourth-order valence-corrected chi connectivity index (χ4v) is 3.78. The molecule has 3 rings (SSSR count). The van der Waals surface area contributed by atoms with E-state index in [1.165, 1.54) is 12.8 Å². The van der Waals surface area contributed by atoms with Gasteiger partial charge in [0.1, 0.15) is 5.75 Å². The van der Waals surface area contributed by atoms with Gasteiger partial charge in [0.2, 0.25) is 0 Å². The second kappa shape index (κ2) is 6.06. The summed E-state index contributed by atoms with van der Waals surface area (Å²) in [5, 5.41) is 0. The topological polar surface area (TPSA) is 55.6 Å². The van der Waals surface area contributed by atoms with Gasteiger partial charge in [-0.1, -0.05) is 18.6 Å². The molecule has 1 saturated heterocycles. The number of rotatable bonds is 3. The Balaban J connectivity index is 1.77. The third kappa shape index (κ3) is 2.77. The summed E-state index contributed by atoms with van der Waals surface area (Å²) in [5.41, 5.74) is 6.91. The van der Waals surface area contributed by atoms with Gasteiger partial charge in [-0.25, -0.2) is 0 Å². The molecule has 0 spiro atoms. The van der Waals surface area contributed by atoms with Crippen LogP contribution in [0.5, 0.6) is 5.75 Å². The van der Waals surface area contributed by atoms with Gasteiger partial charge in [0.25, 0.3) is 5.91 Å². The van der Waals surface area contributed by atoms with Crippen molar-refractivity contribution in [2.45, 2.75) is 32.2 Å². The number of hydrogen-bond donors (Lipinski definition) is 1. The van der Waals surface area contributed by atoms with Crippen LogP contribution in [0.15, 0.2) is 24.3 Å². The van der Waals surface area contributed by atoms with Crippen LogP contribution in [0, 0.1) is 11.8 Å². The maximum absolute atomic E-state index is 12.8. The van der Waals surface area contributed by atoms with Crippen molar-refractivity contribution in [3.63, 3.8) is 0 Å². The first-order valence-electron chi connectivity index (χ1n) is 7.97. The number of nitrogens with zero attached hydrogens (tertiary/aromatic N) is 1. The Morgan fingerprint density at radius 1 is 1.33 bits per heavy atom. The summed E-state index contributed by atoms with van der Waals surface area (Å²) < 4.78 is 5.59.